The number of benzene rings is 2. The number of ether oxygens (including phenoxy) is 1. The van der Waals surface area contributed by atoms with Gasteiger partial charge in [-0.25, -0.2) is 4.79 Å². The molecule has 2 rings (SSSR count). The van der Waals surface area contributed by atoms with E-state index in [4.69, 9.17) is 10.5 Å². The van der Waals surface area contributed by atoms with E-state index in [1.165, 1.54) is 13.1 Å². The summed E-state index contributed by atoms with van der Waals surface area (Å²) in [4.78, 5) is 47.8. The number of aryl methyl sites for hydroxylation is 1. The molecule has 0 spiro atoms. The zero-order chi connectivity index (χ0) is 22.3. The van der Waals surface area contributed by atoms with E-state index in [0.29, 0.717) is 5.69 Å². The number of hydrogen-bond donors (Lipinski definition) is 2. The number of esters is 1. The molecular weight excluding hydrogens is 392 g/mol. The van der Waals surface area contributed by atoms with Gasteiger partial charge in [0, 0.05) is 30.6 Å². The van der Waals surface area contributed by atoms with E-state index in [2.05, 4.69) is 5.32 Å². The topological polar surface area (TPSA) is 145 Å². The van der Waals surface area contributed by atoms with Crippen molar-refractivity contribution in [1.29, 1.82) is 0 Å². The molecule has 10 nitrogen and oxygen atoms in total. The Hall–Kier alpha value is -3.95. The monoisotopic (exact) mass is 414 g/mol. The third kappa shape index (κ3) is 5.77. The molecule has 2 aromatic carbocycles. The van der Waals surface area contributed by atoms with Crippen LogP contribution < -0.4 is 11.1 Å². The van der Waals surface area contributed by atoms with Crippen LogP contribution in [0.1, 0.15) is 22.8 Å². The number of nitrogen functional groups attached to an aromatic ring is 1. The maximum Gasteiger partial charge on any atom is 0.341 e. The van der Waals surface area contributed by atoms with E-state index >= 15 is 0 Å². The fourth-order valence-electron chi connectivity index (χ4n) is 2.59. The highest BCUT2D eigenvalue weighted by molar-refractivity contribution is 5.98. The lowest BCUT2D eigenvalue weighted by atomic mass is 10.1. The van der Waals surface area contributed by atoms with Crippen molar-refractivity contribution < 1.29 is 24.0 Å². The quantitative estimate of drug-likeness (QED) is 0.291. The Labute approximate surface area is 172 Å². The largest absolute Gasteiger partial charge is 0.452 e. The number of hydrogen-bond acceptors (Lipinski definition) is 7. The highest BCUT2D eigenvalue weighted by Gasteiger charge is 2.20. The Morgan fingerprint density at radius 2 is 1.90 bits per heavy atom. The van der Waals surface area contributed by atoms with E-state index < -0.39 is 29.3 Å². The third-order valence-electron chi connectivity index (χ3n) is 4.27. The fraction of sp³-hybridized carbons (Fsp3) is 0.250. The van der Waals surface area contributed by atoms with Crippen LogP contribution in [-0.4, -0.2) is 47.8 Å². The number of carbonyl (C=O) groups excluding carboxylic acids is 3. The molecule has 158 valence electrons. The molecule has 0 aromatic heterocycles. The van der Waals surface area contributed by atoms with Crippen molar-refractivity contribution >= 4 is 34.8 Å². The fourth-order valence-corrected chi connectivity index (χ4v) is 2.59. The standard InChI is InChI=1S/C20H22N4O6/c1-3-13-6-4-5-7-17(13)22-18(25)11-23(2)19(26)12-30-20(27)15-10-14(24(28)29)8-9-16(15)21/h4-10H,3,11-12,21H2,1-2H3,(H,22,25). The number of nitrogens with two attached hydrogens (primary N) is 1. The maximum atomic E-state index is 12.2. The number of rotatable bonds is 8. The average Bonchev–Trinajstić information content (AvgIpc) is 2.72. The first-order chi connectivity index (χ1) is 14.2. The lowest BCUT2D eigenvalue weighted by Gasteiger charge is -2.17. The first kappa shape index (κ1) is 22.3. The number of nitrogens with one attached hydrogen (secondary N) is 1. The Kier molecular flexibility index (Phi) is 7.45. The summed E-state index contributed by atoms with van der Waals surface area (Å²) in [6, 6.07) is 10.7. The van der Waals surface area contributed by atoms with Gasteiger partial charge in [0.25, 0.3) is 11.6 Å². The van der Waals surface area contributed by atoms with Crippen LogP contribution in [-0.2, 0) is 20.7 Å². The second kappa shape index (κ2) is 10.0. The highest BCUT2D eigenvalue weighted by Crippen LogP contribution is 2.20. The molecule has 0 heterocycles. The molecule has 0 aliphatic carbocycles. The number of anilines is 2. The Balaban J connectivity index is 1.91. The number of carbonyl (C=O) groups is 3. The van der Waals surface area contributed by atoms with Crippen molar-refractivity contribution in [2.24, 2.45) is 0 Å². The molecule has 0 saturated carbocycles. The van der Waals surface area contributed by atoms with E-state index in [-0.39, 0.29) is 23.5 Å². The van der Waals surface area contributed by atoms with E-state index in [0.717, 1.165) is 29.0 Å². The minimum Gasteiger partial charge on any atom is -0.452 e. The molecule has 0 radical (unpaired) electrons. The number of likely N-dealkylation sites (N-methyl/N-ethyl adjacent to an activating group) is 1. The van der Waals surface area contributed by atoms with Crippen molar-refractivity contribution in [2.75, 3.05) is 31.2 Å². The minimum absolute atomic E-state index is 0.0135. The summed E-state index contributed by atoms with van der Waals surface area (Å²) < 4.78 is 4.90. The molecule has 0 fully saturated rings. The van der Waals surface area contributed by atoms with Gasteiger partial charge in [-0.3, -0.25) is 19.7 Å². The first-order valence-electron chi connectivity index (χ1n) is 9.05. The SMILES string of the molecule is CCc1ccccc1NC(=O)CN(C)C(=O)COC(=O)c1cc([N+](=O)[O-])ccc1N. The van der Waals surface area contributed by atoms with Crippen molar-refractivity contribution in [3.63, 3.8) is 0 Å². The lowest BCUT2D eigenvalue weighted by Crippen LogP contribution is -2.37. The molecule has 0 aliphatic rings. The number of nitro groups is 1. The smallest absolute Gasteiger partial charge is 0.341 e. The van der Waals surface area contributed by atoms with Gasteiger partial charge < -0.3 is 20.7 Å². The molecule has 0 saturated heterocycles. The summed E-state index contributed by atoms with van der Waals surface area (Å²) in [7, 11) is 1.39. The van der Waals surface area contributed by atoms with Gasteiger partial charge in [0.1, 0.15) is 0 Å². The highest BCUT2D eigenvalue weighted by atomic mass is 16.6. The number of nitrogens with zero attached hydrogens (tertiary/aromatic N) is 2. The van der Waals surface area contributed by atoms with Gasteiger partial charge in [-0.1, -0.05) is 25.1 Å². The molecular formula is C20H22N4O6. The van der Waals surface area contributed by atoms with E-state index in [1.807, 2.05) is 19.1 Å². The summed E-state index contributed by atoms with van der Waals surface area (Å²) in [6.07, 6.45) is 0.738. The van der Waals surface area contributed by atoms with Crippen LogP contribution in [0, 0.1) is 10.1 Å². The van der Waals surface area contributed by atoms with Crippen LogP contribution >= 0.6 is 0 Å². The van der Waals surface area contributed by atoms with Crippen molar-refractivity contribution in [3.8, 4) is 0 Å². The van der Waals surface area contributed by atoms with Gasteiger partial charge in [0.15, 0.2) is 6.61 Å². The van der Waals surface area contributed by atoms with Gasteiger partial charge >= 0.3 is 5.97 Å². The predicted octanol–water partition coefficient (Wildman–Crippen LogP) is 1.99. The van der Waals surface area contributed by atoms with Crippen LogP contribution in [0.25, 0.3) is 0 Å². The average molecular weight is 414 g/mol. The maximum absolute atomic E-state index is 12.2. The third-order valence-corrected chi connectivity index (χ3v) is 4.27. The summed E-state index contributed by atoms with van der Waals surface area (Å²) in [5, 5.41) is 13.6. The van der Waals surface area contributed by atoms with Crippen LogP contribution in [0.4, 0.5) is 17.1 Å². The molecule has 0 bridgehead atoms. The molecule has 30 heavy (non-hydrogen) atoms. The molecule has 0 atom stereocenters. The lowest BCUT2D eigenvalue weighted by molar-refractivity contribution is -0.384. The van der Waals surface area contributed by atoms with Gasteiger partial charge in [0.05, 0.1) is 17.0 Å². The Bertz CT molecular complexity index is 976. The molecule has 10 heteroatoms. The summed E-state index contributed by atoms with van der Waals surface area (Å²) in [6.45, 7) is 1.08. The molecule has 0 unspecified atom stereocenters. The minimum atomic E-state index is -0.973. The first-order valence-corrected chi connectivity index (χ1v) is 9.05. The van der Waals surface area contributed by atoms with Gasteiger partial charge in [-0.2, -0.15) is 0 Å². The van der Waals surface area contributed by atoms with Crippen molar-refractivity contribution in [3.05, 3.63) is 63.7 Å². The number of nitro benzene ring substituents is 1. The Morgan fingerprint density at radius 1 is 1.20 bits per heavy atom. The van der Waals surface area contributed by atoms with Gasteiger partial charge in [0.2, 0.25) is 5.91 Å². The summed E-state index contributed by atoms with van der Waals surface area (Å²) in [5.74, 6) is -1.99. The number of amides is 2. The zero-order valence-corrected chi connectivity index (χ0v) is 16.6. The van der Waals surface area contributed by atoms with E-state index in [1.54, 1.807) is 12.1 Å². The van der Waals surface area contributed by atoms with Crippen molar-refractivity contribution in [2.45, 2.75) is 13.3 Å². The molecule has 3 N–H and O–H groups in total. The van der Waals surface area contributed by atoms with Crippen LogP contribution in [0.5, 0.6) is 0 Å². The van der Waals surface area contributed by atoms with Crippen LogP contribution in [0.3, 0.4) is 0 Å². The van der Waals surface area contributed by atoms with Crippen molar-refractivity contribution in [1.82, 2.24) is 4.90 Å². The summed E-state index contributed by atoms with van der Waals surface area (Å²) >= 11 is 0. The number of non-ortho nitro benzene ring substituents is 1. The van der Waals surface area contributed by atoms with Gasteiger partial charge in [-0.15, -0.1) is 0 Å². The zero-order valence-electron chi connectivity index (χ0n) is 16.6. The van der Waals surface area contributed by atoms with Crippen LogP contribution in [0.15, 0.2) is 42.5 Å². The number of para-hydroxylation sites is 1. The second-order valence-corrected chi connectivity index (χ2v) is 6.41. The Morgan fingerprint density at radius 3 is 2.57 bits per heavy atom. The second-order valence-electron chi connectivity index (χ2n) is 6.41. The molecule has 2 amide bonds. The normalized spacial score (nSPS) is 10.2. The summed E-state index contributed by atoms with van der Waals surface area (Å²) in [5.41, 5.74) is 6.72. The van der Waals surface area contributed by atoms with Gasteiger partial charge in [-0.05, 0) is 24.1 Å². The molecule has 0 aliphatic heterocycles. The van der Waals surface area contributed by atoms with E-state index in [9.17, 15) is 24.5 Å². The van der Waals surface area contributed by atoms with Crippen LogP contribution in [0.2, 0.25) is 0 Å². The molecule has 2 aromatic rings. The predicted molar refractivity (Wildman–Crippen MR) is 110 cm³/mol.